The van der Waals surface area contributed by atoms with Crippen molar-refractivity contribution in [1.82, 2.24) is 5.32 Å². The van der Waals surface area contributed by atoms with Crippen molar-refractivity contribution in [1.29, 1.82) is 0 Å². The number of esters is 1. The van der Waals surface area contributed by atoms with Gasteiger partial charge in [-0.3, -0.25) is 4.79 Å². The molecule has 1 saturated heterocycles. The van der Waals surface area contributed by atoms with Crippen LogP contribution in [0.1, 0.15) is 46.0 Å². The number of rotatable bonds is 6. The maximum atomic E-state index is 11.9. The molecule has 1 heterocycles. The highest BCUT2D eigenvalue weighted by Crippen LogP contribution is 2.14. The predicted octanol–water partition coefficient (Wildman–Crippen LogP) is 1.63. The second-order valence-electron chi connectivity index (χ2n) is 4.26. The second-order valence-corrected chi connectivity index (χ2v) is 4.26. The Hall–Kier alpha value is -1.06. The van der Waals surface area contributed by atoms with Crippen molar-refractivity contribution in [3.63, 3.8) is 0 Å². The van der Waals surface area contributed by atoms with E-state index in [1.165, 1.54) is 0 Å². The average Bonchev–Trinajstić information content (AvgIpc) is 2.65. The molecule has 2 atom stereocenters. The summed E-state index contributed by atoms with van der Waals surface area (Å²) >= 11 is 0. The summed E-state index contributed by atoms with van der Waals surface area (Å²) in [5.74, 6) is -0.258. The van der Waals surface area contributed by atoms with Crippen LogP contribution in [0, 0.1) is 5.92 Å². The van der Waals surface area contributed by atoms with Crippen molar-refractivity contribution in [2.24, 2.45) is 5.92 Å². The highest BCUT2D eigenvalue weighted by Gasteiger charge is 2.29. The van der Waals surface area contributed by atoms with Crippen molar-refractivity contribution >= 4 is 11.9 Å². The molecule has 4 heteroatoms. The van der Waals surface area contributed by atoms with Crippen LogP contribution in [0.5, 0.6) is 0 Å². The molecule has 1 N–H and O–H groups in total. The van der Waals surface area contributed by atoms with E-state index in [2.05, 4.69) is 12.2 Å². The van der Waals surface area contributed by atoms with E-state index >= 15 is 0 Å². The fourth-order valence-corrected chi connectivity index (χ4v) is 1.89. The minimum atomic E-state index is -0.414. The van der Waals surface area contributed by atoms with E-state index < -0.39 is 6.04 Å². The van der Waals surface area contributed by atoms with Gasteiger partial charge in [-0.1, -0.05) is 26.7 Å². The van der Waals surface area contributed by atoms with Crippen LogP contribution in [0.15, 0.2) is 0 Å². The van der Waals surface area contributed by atoms with Crippen molar-refractivity contribution in [3.8, 4) is 0 Å². The number of carbonyl (C=O) groups is 2. The Balaban J connectivity index is 2.39. The van der Waals surface area contributed by atoms with Crippen molar-refractivity contribution in [3.05, 3.63) is 0 Å². The summed E-state index contributed by atoms with van der Waals surface area (Å²) in [5, 5.41) is 2.78. The van der Waals surface area contributed by atoms with Gasteiger partial charge in [0.1, 0.15) is 6.04 Å². The van der Waals surface area contributed by atoms with Crippen molar-refractivity contribution in [2.45, 2.75) is 52.0 Å². The molecule has 1 amide bonds. The van der Waals surface area contributed by atoms with E-state index in [9.17, 15) is 9.59 Å². The summed E-state index contributed by atoms with van der Waals surface area (Å²) in [6.07, 6.45) is 4.49. The number of nitrogens with one attached hydrogen (secondary N) is 1. The summed E-state index contributed by atoms with van der Waals surface area (Å²) in [6, 6.07) is -0.414. The number of carbonyl (C=O) groups excluding carboxylic acids is 2. The minimum absolute atomic E-state index is 0.000185. The zero-order chi connectivity index (χ0) is 12.0. The summed E-state index contributed by atoms with van der Waals surface area (Å²) in [5.41, 5.74) is 0. The van der Waals surface area contributed by atoms with Crippen LogP contribution in [-0.4, -0.2) is 24.5 Å². The lowest BCUT2D eigenvalue weighted by atomic mass is 9.98. The number of ether oxygens (including phenoxy) is 1. The predicted molar refractivity (Wildman–Crippen MR) is 60.8 cm³/mol. The molecular formula is C12H21NO3. The fraction of sp³-hybridized carbons (Fsp3) is 0.833. The van der Waals surface area contributed by atoms with Crippen LogP contribution < -0.4 is 5.32 Å². The normalized spacial score (nSPS) is 21.6. The molecule has 0 radical (unpaired) electrons. The molecule has 0 aromatic heterocycles. The molecule has 1 aliphatic heterocycles. The molecule has 0 bridgehead atoms. The van der Waals surface area contributed by atoms with Gasteiger partial charge in [-0.25, -0.2) is 4.79 Å². The van der Waals surface area contributed by atoms with E-state index in [-0.39, 0.29) is 17.8 Å². The molecule has 1 aliphatic rings. The van der Waals surface area contributed by atoms with Crippen LogP contribution in [-0.2, 0) is 14.3 Å². The molecule has 0 spiro atoms. The number of amides is 1. The molecular weight excluding hydrogens is 206 g/mol. The first kappa shape index (κ1) is 13.0. The van der Waals surface area contributed by atoms with E-state index in [4.69, 9.17) is 4.74 Å². The Bertz CT molecular complexity index is 253. The monoisotopic (exact) mass is 227 g/mol. The van der Waals surface area contributed by atoms with Gasteiger partial charge in [-0.05, 0) is 12.8 Å². The van der Waals surface area contributed by atoms with E-state index in [0.29, 0.717) is 13.0 Å². The Morgan fingerprint density at radius 3 is 2.81 bits per heavy atom. The van der Waals surface area contributed by atoms with E-state index in [1.54, 1.807) is 0 Å². The SMILES string of the molecule is CCCCC(CC)C(=O)N[C@H]1CCOC1=O. The summed E-state index contributed by atoms with van der Waals surface area (Å²) < 4.78 is 4.81. The molecule has 4 nitrogen and oxygen atoms in total. The fourth-order valence-electron chi connectivity index (χ4n) is 1.89. The first-order valence-electron chi connectivity index (χ1n) is 6.16. The lowest BCUT2D eigenvalue weighted by Gasteiger charge is -2.16. The van der Waals surface area contributed by atoms with Gasteiger partial charge in [0, 0.05) is 12.3 Å². The minimum Gasteiger partial charge on any atom is -0.464 e. The molecule has 1 unspecified atom stereocenters. The average molecular weight is 227 g/mol. The first-order chi connectivity index (χ1) is 7.69. The largest absolute Gasteiger partial charge is 0.464 e. The third-order valence-electron chi connectivity index (χ3n) is 3.02. The van der Waals surface area contributed by atoms with Crippen LogP contribution >= 0.6 is 0 Å². The second kappa shape index (κ2) is 6.51. The molecule has 1 rings (SSSR count). The van der Waals surface area contributed by atoms with Crippen LogP contribution in [0.4, 0.5) is 0 Å². The lowest BCUT2D eigenvalue weighted by molar-refractivity contribution is -0.142. The van der Waals surface area contributed by atoms with Gasteiger partial charge >= 0.3 is 5.97 Å². The Kier molecular flexibility index (Phi) is 5.29. The van der Waals surface area contributed by atoms with Gasteiger partial charge in [-0.15, -0.1) is 0 Å². The first-order valence-corrected chi connectivity index (χ1v) is 6.16. The molecule has 0 saturated carbocycles. The number of cyclic esters (lactones) is 1. The molecule has 0 aromatic rings. The lowest BCUT2D eigenvalue weighted by Crippen LogP contribution is -2.41. The summed E-state index contributed by atoms with van der Waals surface area (Å²) in [7, 11) is 0. The Morgan fingerprint density at radius 2 is 2.31 bits per heavy atom. The van der Waals surface area contributed by atoms with Crippen LogP contribution in [0.3, 0.4) is 0 Å². The molecule has 16 heavy (non-hydrogen) atoms. The standard InChI is InChI=1S/C12H21NO3/c1-3-5-6-9(4-2)11(14)13-10-7-8-16-12(10)15/h9-10H,3-8H2,1-2H3,(H,13,14)/t9?,10-/m0/s1. The summed E-state index contributed by atoms with van der Waals surface area (Å²) in [4.78, 5) is 23.1. The number of unbranched alkanes of at least 4 members (excludes halogenated alkanes) is 1. The van der Waals surface area contributed by atoms with Gasteiger partial charge in [0.25, 0.3) is 0 Å². The highest BCUT2D eigenvalue weighted by molar-refractivity contribution is 5.86. The van der Waals surface area contributed by atoms with Crippen LogP contribution in [0.2, 0.25) is 0 Å². The van der Waals surface area contributed by atoms with Gasteiger partial charge < -0.3 is 10.1 Å². The third-order valence-corrected chi connectivity index (χ3v) is 3.02. The maximum Gasteiger partial charge on any atom is 0.328 e. The Labute approximate surface area is 96.7 Å². The smallest absolute Gasteiger partial charge is 0.328 e. The van der Waals surface area contributed by atoms with Gasteiger partial charge in [0.15, 0.2) is 0 Å². The quantitative estimate of drug-likeness (QED) is 0.702. The van der Waals surface area contributed by atoms with Crippen LogP contribution in [0.25, 0.3) is 0 Å². The molecule has 92 valence electrons. The highest BCUT2D eigenvalue weighted by atomic mass is 16.5. The van der Waals surface area contributed by atoms with Gasteiger partial charge in [-0.2, -0.15) is 0 Å². The zero-order valence-electron chi connectivity index (χ0n) is 10.1. The summed E-state index contributed by atoms with van der Waals surface area (Å²) in [6.45, 7) is 4.54. The molecule has 0 aliphatic carbocycles. The zero-order valence-corrected chi connectivity index (χ0v) is 10.1. The maximum absolute atomic E-state index is 11.9. The van der Waals surface area contributed by atoms with Gasteiger partial charge in [0.2, 0.25) is 5.91 Å². The van der Waals surface area contributed by atoms with E-state index in [1.807, 2.05) is 6.92 Å². The molecule has 1 fully saturated rings. The number of hydrogen-bond donors (Lipinski definition) is 1. The molecule has 0 aromatic carbocycles. The number of hydrogen-bond acceptors (Lipinski definition) is 3. The van der Waals surface area contributed by atoms with Gasteiger partial charge in [0.05, 0.1) is 6.61 Å². The van der Waals surface area contributed by atoms with Crippen molar-refractivity contribution < 1.29 is 14.3 Å². The third kappa shape index (κ3) is 3.51. The van der Waals surface area contributed by atoms with E-state index in [0.717, 1.165) is 25.7 Å². The van der Waals surface area contributed by atoms with Crippen molar-refractivity contribution in [2.75, 3.05) is 6.61 Å². The Morgan fingerprint density at radius 1 is 1.56 bits per heavy atom. The topological polar surface area (TPSA) is 55.4 Å².